The van der Waals surface area contributed by atoms with Gasteiger partial charge in [-0.15, -0.1) is 0 Å². The Morgan fingerprint density at radius 2 is 1.88 bits per heavy atom. The molecular formula is C12H18N2O2S. The molecule has 3 rings (SSSR count). The van der Waals surface area contributed by atoms with Crippen LogP contribution in [-0.2, 0) is 4.79 Å². The molecular weight excluding hydrogens is 236 g/mol. The van der Waals surface area contributed by atoms with Crippen LogP contribution in [0.1, 0.15) is 32.1 Å². The molecule has 2 aliphatic heterocycles. The van der Waals surface area contributed by atoms with Gasteiger partial charge >= 0.3 is 6.03 Å². The second-order valence-corrected chi connectivity index (χ2v) is 6.22. The second kappa shape index (κ2) is 4.52. The van der Waals surface area contributed by atoms with Gasteiger partial charge in [0, 0.05) is 24.1 Å². The lowest BCUT2D eigenvalue weighted by atomic mass is 9.94. The average molecular weight is 254 g/mol. The number of hydrogen-bond donors (Lipinski definition) is 0. The Balaban J connectivity index is 1.80. The van der Waals surface area contributed by atoms with Crippen LogP contribution in [0.5, 0.6) is 0 Å². The van der Waals surface area contributed by atoms with Gasteiger partial charge in [-0.3, -0.25) is 9.69 Å². The number of carbonyl (C=O) groups excluding carboxylic acids is 2. The molecule has 1 atom stereocenters. The first-order chi connectivity index (χ1) is 8.29. The molecule has 5 heteroatoms. The Hall–Kier alpha value is -0.710. The molecule has 17 heavy (non-hydrogen) atoms. The van der Waals surface area contributed by atoms with Crippen molar-refractivity contribution in [2.45, 2.75) is 44.2 Å². The first-order valence-corrected chi connectivity index (χ1v) is 7.66. The minimum absolute atomic E-state index is 0.0211. The number of fused-ring (bicyclic) bond motifs is 1. The number of urea groups is 1. The van der Waals surface area contributed by atoms with Crippen LogP contribution in [0.3, 0.4) is 0 Å². The zero-order chi connectivity index (χ0) is 11.8. The van der Waals surface area contributed by atoms with Crippen LogP contribution in [0.4, 0.5) is 4.79 Å². The van der Waals surface area contributed by atoms with E-state index in [1.54, 1.807) is 21.6 Å². The largest absolute Gasteiger partial charge is 0.327 e. The lowest BCUT2D eigenvalue weighted by molar-refractivity contribution is -0.129. The van der Waals surface area contributed by atoms with Gasteiger partial charge in [-0.1, -0.05) is 19.3 Å². The van der Waals surface area contributed by atoms with E-state index in [0.717, 1.165) is 43.7 Å². The molecule has 0 aromatic rings. The van der Waals surface area contributed by atoms with E-state index in [1.807, 2.05) is 0 Å². The molecule has 3 amide bonds. The molecule has 1 saturated carbocycles. The van der Waals surface area contributed by atoms with Gasteiger partial charge in [0.05, 0.1) is 0 Å². The molecule has 0 spiro atoms. The maximum Gasteiger partial charge on any atom is 0.327 e. The van der Waals surface area contributed by atoms with E-state index in [9.17, 15) is 9.59 Å². The number of imide groups is 1. The van der Waals surface area contributed by atoms with Gasteiger partial charge in [-0.2, -0.15) is 11.8 Å². The first kappa shape index (κ1) is 11.4. The summed E-state index contributed by atoms with van der Waals surface area (Å²) in [5, 5.41) is 0. The molecule has 0 aromatic carbocycles. The van der Waals surface area contributed by atoms with Crippen LogP contribution < -0.4 is 0 Å². The van der Waals surface area contributed by atoms with Crippen molar-refractivity contribution >= 4 is 23.7 Å². The third-order valence-corrected chi connectivity index (χ3v) is 5.07. The van der Waals surface area contributed by atoms with E-state index in [0.29, 0.717) is 0 Å². The number of rotatable bonds is 1. The molecule has 2 heterocycles. The van der Waals surface area contributed by atoms with Crippen LogP contribution in [-0.4, -0.2) is 51.9 Å². The van der Waals surface area contributed by atoms with Crippen molar-refractivity contribution in [1.29, 1.82) is 0 Å². The van der Waals surface area contributed by atoms with Gasteiger partial charge in [0.1, 0.15) is 6.04 Å². The SMILES string of the molecule is O=C1C2CSCCN2C(=O)N1C1CCCCC1. The van der Waals surface area contributed by atoms with E-state index in [1.165, 1.54) is 6.42 Å². The van der Waals surface area contributed by atoms with E-state index in [4.69, 9.17) is 0 Å². The van der Waals surface area contributed by atoms with Gasteiger partial charge in [0.15, 0.2) is 0 Å². The molecule has 1 unspecified atom stereocenters. The Kier molecular flexibility index (Phi) is 3.03. The van der Waals surface area contributed by atoms with Crippen molar-refractivity contribution in [2.24, 2.45) is 0 Å². The van der Waals surface area contributed by atoms with Crippen molar-refractivity contribution in [2.75, 3.05) is 18.1 Å². The van der Waals surface area contributed by atoms with Crippen molar-refractivity contribution < 1.29 is 9.59 Å². The summed E-state index contributed by atoms with van der Waals surface area (Å²) in [6.45, 7) is 0.739. The fraction of sp³-hybridized carbons (Fsp3) is 0.833. The summed E-state index contributed by atoms with van der Waals surface area (Å²) in [5.41, 5.74) is 0. The van der Waals surface area contributed by atoms with Crippen LogP contribution in [0, 0.1) is 0 Å². The normalized spacial score (nSPS) is 30.9. The predicted octanol–water partition coefficient (Wildman–Crippen LogP) is 1.70. The average Bonchev–Trinajstić information content (AvgIpc) is 2.64. The Bertz CT molecular complexity index is 317. The highest BCUT2D eigenvalue weighted by molar-refractivity contribution is 7.99. The third kappa shape index (κ3) is 1.84. The van der Waals surface area contributed by atoms with Crippen molar-refractivity contribution in [3.8, 4) is 0 Å². The quantitative estimate of drug-likeness (QED) is 0.669. The highest BCUT2D eigenvalue weighted by Gasteiger charge is 2.48. The van der Waals surface area contributed by atoms with Gasteiger partial charge < -0.3 is 4.90 Å². The van der Waals surface area contributed by atoms with Gasteiger partial charge in [0.25, 0.3) is 5.91 Å². The number of hydrogen-bond acceptors (Lipinski definition) is 3. The zero-order valence-electron chi connectivity index (χ0n) is 9.93. The zero-order valence-corrected chi connectivity index (χ0v) is 10.7. The minimum atomic E-state index is -0.164. The Morgan fingerprint density at radius 1 is 1.12 bits per heavy atom. The van der Waals surface area contributed by atoms with Gasteiger partial charge in [0.2, 0.25) is 0 Å². The van der Waals surface area contributed by atoms with Crippen molar-refractivity contribution in [1.82, 2.24) is 9.80 Å². The van der Waals surface area contributed by atoms with Crippen molar-refractivity contribution in [3.05, 3.63) is 0 Å². The summed E-state index contributed by atoms with van der Waals surface area (Å²) in [6, 6.07) is -0.00488. The fourth-order valence-corrected chi connectivity index (χ4v) is 4.14. The van der Waals surface area contributed by atoms with Crippen LogP contribution in [0.15, 0.2) is 0 Å². The molecule has 3 fully saturated rings. The second-order valence-electron chi connectivity index (χ2n) is 5.07. The van der Waals surface area contributed by atoms with E-state index >= 15 is 0 Å². The summed E-state index contributed by atoms with van der Waals surface area (Å²) in [4.78, 5) is 27.9. The minimum Gasteiger partial charge on any atom is -0.311 e. The molecule has 0 aromatic heterocycles. The van der Waals surface area contributed by atoms with Crippen LogP contribution >= 0.6 is 11.8 Å². The molecule has 2 saturated heterocycles. The molecule has 1 aliphatic carbocycles. The van der Waals surface area contributed by atoms with E-state index in [2.05, 4.69) is 0 Å². The maximum atomic E-state index is 12.3. The Morgan fingerprint density at radius 3 is 2.59 bits per heavy atom. The number of amides is 3. The Labute approximate surface area is 106 Å². The number of carbonyl (C=O) groups is 2. The van der Waals surface area contributed by atoms with Crippen molar-refractivity contribution in [3.63, 3.8) is 0 Å². The van der Waals surface area contributed by atoms with Crippen LogP contribution in [0.2, 0.25) is 0 Å². The molecule has 4 nitrogen and oxygen atoms in total. The summed E-state index contributed by atoms with van der Waals surface area (Å²) < 4.78 is 0. The van der Waals surface area contributed by atoms with E-state index in [-0.39, 0.29) is 24.0 Å². The smallest absolute Gasteiger partial charge is 0.311 e. The van der Waals surface area contributed by atoms with E-state index < -0.39 is 0 Å². The predicted molar refractivity (Wildman–Crippen MR) is 66.9 cm³/mol. The van der Waals surface area contributed by atoms with Crippen LogP contribution in [0.25, 0.3) is 0 Å². The summed E-state index contributed by atoms with van der Waals surface area (Å²) in [6.07, 6.45) is 5.56. The summed E-state index contributed by atoms with van der Waals surface area (Å²) >= 11 is 1.78. The molecule has 3 aliphatic rings. The lowest BCUT2D eigenvalue weighted by Crippen LogP contribution is -2.42. The number of nitrogens with zero attached hydrogens (tertiary/aromatic N) is 2. The standard InChI is InChI=1S/C12H18N2O2S/c15-11-10-8-17-7-6-13(10)12(16)14(11)9-4-2-1-3-5-9/h9-10H,1-8H2. The summed E-state index contributed by atoms with van der Waals surface area (Å²) in [5.74, 6) is 1.82. The maximum absolute atomic E-state index is 12.3. The van der Waals surface area contributed by atoms with Gasteiger partial charge in [-0.05, 0) is 12.8 Å². The molecule has 0 bridgehead atoms. The topological polar surface area (TPSA) is 40.6 Å². The summed E-state index contributed by atoms with van der Waals surface area (Å²) in [7, 11) is 0. The van der Waals surface area contributed by atoms with Gasteiger partial charge in [-0.25, -0.2) is 4.79 Å². The fourth-order valence-electron chi connectivity index (χ4n) is 3.11. The molecule has 94 valence electrons. The monoisotopic (exact) mass is 254 g/mol. The number of thioether (sulfide) groups is 1. The lowest BCUT2D eigenvalue weighted by Gasteiger charge is -2.29. The molecule has 0 N–H and O–H groups in total. The third-order valence-electron chi connectivity index (χ3n) is 4.04. The molecule has 0 radical (unpaired) electrons. The highest BCUT2D eigenvalue weighted by Crippen LogP contribution is 2.31. The first-order valence-electron chi connectivity index (χ1n) is 6.50. The highest BCUT2D eigenvalue weighted by atomic mass is 32.2.